The Morgan fingerprint density at radius 2 is 1.76 bits per heavy atom. The number of anilines is 3. The number of piperidine rings is 1. The maximum absolute atomic E-state index is 13.6. The van der Waals surface area contributed by atoms with Crippen LogP contribution in [0.4, 0.5) is 17.3 Å². The van der Waals surface area contributed by atoms with Crippen molar-refractivity contribution in [2.75, 3.05) is 30.0 Å². The minimum Gasteiger partial charge on any atom is -0.455 e. The van der Waals surface area contributed by atoms with Gasteiger partial charge in [-0.15, -0.1) is 0 Å². The Balaban J connectivity index is 1.27. The predicted octanol–water partition coefficient (Wildman–Crippen LogP) is 5.21. The van der Waals surface area contributed by atoms with Crippen LogP contribution >= 0.6 is 23.2 Å². The Hall–Kier alpha value is -2.96. The number of hydrogen-bond donors (Lipinski definition) is 3. The number of amides is 1. The molecule has 2 aromatic carbocycles. The third kappa shape index (κ3) is 5.87. The zero-order chi connectivity index (χ0) is 28.6. The standard InChI is InChI=1S/C28H30Cl2N6O4S/c29-22-6-3-7-23(30)25(22)36-16-40-26-21(27(36)37)15-32-28(34-26)33-19-8-9-20(17-10-12-31-13-11-17)24(14-19)41(38,39)35-18-4-1-2-5-18/h3,6-9,14-15,17-18,31,35H,1-2,4-5,10-13,16H2,(H,32,33,34). The van der Waals surface area contributed by atoms with Gasteiger partial charge >= 0.3 is 0 Å². The molecular formula is C28H30Cl2N6O4S. The molecule has 3 aliphatic rings. The van der Waals surface area contributed by atoms with Crippen LogP contribution in [-0.2, 0) is 10.0 Å². The van der Waals surface area contributed by atoms with Crippen molar-refractivity contribution in [1.29, 1.82) is 0 Å². The molecule has 216 valence electrons. The summed E-state index contributed by atoms with van der Waals surface area (Å²) in [6.45, 7) is 1.57. The van der Waals surface area contributed by atoms with E-state index in [0.717, 1.165) is 57.2 Å². The van der Waals surface area contributed by atoms with Crippen LogP contribution in [0.25, 0.3) is 0 Å². The van der Waals surface area contributed by atoms with Crippen molar-refractivity contribution in [3.05, 3.63) is 63.8 Å². The largest absolute Gasteiger partial charge is 0.455 e. The molecule has 0 spiro atoms. The molecule has 1 aliphatic carbocycles. The van der Waals surface area contributed by atoms with E-state index in [1.54, 1.807) is 24.3 Å². The van der Waals surface area contributed by atoms with Crippen LogP contribution in [-0.4, -0.2) is 50.2 Å². The molecule has 0 radical (unpaired) electrons. The number of sulfonamides is 1. The molecule has 2 aliphatic heterocycles. The second kappa shape index (κ2) is 11.7. The van der Waals surface area contributed by atoms with E-state index < -0.39 is 15.9 Å². The Morgan fingerprint density at radius 1 is 1.02 bits per heavy atom. The van der Waals surface area contributed by atoms with Gasteiger partial charge in [0, 0.05) is 17.9 Å². The summed E-state index contributed by atoms with van der Waals surface area (Å²) in [5.74, 6) is 0.0245. The van der Waals surface area contributed by atoms with Gasteiger partial charge in [0.1, 0.15) is 5.56 Å². The highest BCUT2D eigenvalue weighted by atomic mass is 35.5. The summed E-state index contributed by atoms with van der Waals surface area (Å²) in [6.07, 6.45) is 6.86. The van der Waals surface area contributed by atoms with Gasteiger partial charge in [0.05, 0.1) is 20.6 Å². The monoisotopic (exact) mass is 616 g/mol. The number of halogens is 2. The molecule has 1 saturated carbocycles. The highest BCUT2D eigenvalue weighted by molar-refractivity contribution is 7.89. The van der Waals surface area contributed by atoms with E-state index in [1.165, 1.54) is 11.1 Å². The average Bonchev–Trinajstić information content (AvgIpc) is 3.47. The number of nitrogens with zero attached hydrogens (tertiary/aromatic N) is 3. The van der Waals surface area contributed by atoms with Gasteiger partial charge in [-0.25, -0.2) is 18.1 Å². The van der Waals surface area contributed by atoms with E-state index in [-0.39, 0.29) is 41.0 Å². The van der Waals surface area contributed by atoms with Gasteiger partial charge in [-0.05, 0) is 74.5 Å². The first-order valence-corrected chi connectivity index (χ1v) is 15.9. The smallest absolute Gasteiger partial charge is 0.268 e. The van der Waals surface area contributed by atoms with E-state index in [0.29, 0.717) is 21.4 Å². The number of rotatable bonds is 7. The highest BCUT2D eigenvalue weighted by Crippen LogP contribution is 2.38. The molecule has 0 bridgehead atoms. The van der Waals surface area contributed by atoms with Crippen LogP contribution in [0.3, 0.4) is 0 Å². The maximum atomic E-state index is 13.6. The molecule has 1 amide bonds. The van der Waals surface area contributed by atoms with Crippen molar-refractivity contribution in [2.24, 2.45) is 0 Å². The van der Waals surface area contributed by atoms with Crippen LogP contribution < -0.4 is 25.0 Å². The first-order valence-electron chi connectivity index (χ1n) is 13.7. The van der Waals surface area contributed by atoms with Gasteiger partial charge in [0.25, 0.3) is 5.91 Å². The topological polar surface area (TPSA) is 126 Å². The first kappa shape index (κ1) is 28.2. The number of aromatic nitrogens is 2. The summed E-state index contributed by atoms with van der Waals surface area (Å²) in [5, 5.41) is 7.07. The minimum atomic E-state index is -3.75. The van der Waals surface area contributed by atoms with E-state index in [1.807, 2.05) is 12.1 Å². The average molecular weight is 618 g/mol. The number of carbonyl (C=O) groups excluding carboxylic acids is 1. The van der Waals surface area contributed by atoms with Crippen molar-refractivity contribution in [3.8, 4) is 5.88 Å². The predicted molar refractivity (Wildman–Crippen MR) is 158 cm³/mol. The Bertz CT molecular complexity index is 1560. The van der Waals surface area contributed by atoms with Crippen LogP contribution in [0.5, 0.6) is 5.88 Å². The Labute approximate surface area is 248 Å². The third-order valence-electron chi connectivity index (χ3n) is 7.78. The zero-order valence-corrected chi connectivity index (χ0v) is 24.5. The number of ether oxygens (including phenoxy) is 1. The van der Waals surface area contributed by atoms with Crippen LogP contribution in [0.2, 0.25) is 10.0 Å². The number of fused-ring (bicyclic) bond motifs is 1. The number of carbonyl (C=O) groups is 1. The number of para-hydroxylation sites is 1. The fraction of sp³-hybridized carbons (Fsp3) is 0.393. The molecule has 13 heteroatoms. The summed E-state index contributed by atoms with van der Waals surface area (Å²) in [6, 6.07) is 10.3. The SMILES string of the molecule is O=C1c2cnc(Nc3ccc(C4CCNCC4)c(S(=O)(=O)NC4CCCC4)c3)nc2OCN1c1c(Cl)cccc1Cl. The molecule has 3 N–H and O–H groups in total. The number of nitrogens with one attached hydrogen (secondary N) is 3. The van der Waals surface area contributed by atoms with Crippen LogP contribution in [0.1, 0.15) is 60.4 Å². The van der Waals surface area contributed by atoms with Gasteiger partial charge in [0.15, 0.2) is 6.73 Å². The molecule has 41 heavy (non-hydrogen) atoms. The molecule has 0 unspecified atom stereocenters. The summed E-state index contributed by atoms with van der Waals surface area (Å²) in [5.41, 5.74) is 1.84. The third-order valence-corrected chi connectivity index (χ3v) is 9.97. The highest BCUT2D eigenvalue weighted by Gasteiger charge is 2.32. The van der Waals surface area contributed by atoms with Gasteiger partial charge in [-0.2, -0.15) is 4.98 Å². The molecule has 10 nitrogen and oxygen atoms in total. The maximum Gasteiger partial charge on any atom is 0.268 e. The first-order chi connectivity index (χ1) is 19.8. The molecule has 0 atom stereocenters. The van der Waals surface area contributed by atoms with Gasteiger partial charge < -0.3 is 15.4 Å². The Morgan fingerprint density at radius 3 is 2.49 bits per heavy atom. The van der Waals surface area contributed by atoms with Gasteiger partial charge in [-0.1, -0.05) is 48.2 Å². The quantitative estimate of drug-likeness (QED) is 0.330. The number of hydrogen-bond acceptors (Lipinski definition) is 8. The lowest BCUT2D eigenvalue weighted by atomic mass is 9.90. The second-order valence-corrected chi connectivity index (χ2v) is 13.0. The lowest BCUT2D eigenvalue weighted by Crippen LogP contribution is -2.39. The fourth-order valence-electron chi connectivity index (χ4n) is 5.70. The molecule has 2 fully saturated rings. The van der Waals surface area contributed by atoms with Gasteiger partial charge in [-0.3, -0.25) is 9.69 Å². The van der Waals surface area contributed by atoms with Crippen LogP contribution in [0, 0.1) is 0 Å². The van der Waals surface area contributed by atoms with Crippen molar-refractivity contribution in [2.45, 2.75) is 55.4 Å². The molecule has 1 saturated heterocycles. The molecular weight excluding hydrogens is 587 g/mol. The molecule has 3 heterocycles. The lowest BCUT2D eigenvalue weighted by Gasteiger charge is -2.29. The second-order valence-electron chi connectivity index (χ2n) is 10.5. The van der Waals surface area contributed by atoms with E-state index >= 15 is 0 Å². The van der Waals surface area contributed by atoms with Crippen molar-refractivity contribution >= 4 is 56.5 Å². The van der Waals surface area contributed by atoms with Gasteiger partial charge in [0.2, 0.25) is 21.9 Å². The summed E-state index contributed by atoms with van der Waals surface area (Å²) in [4.78, 5) is 23.5. The number of benzene rings is 2. The van der Waals surface area contributed by atoms with Crippen LogP contribution in [0.15, 0.2) is 47.5 Å². The van der Waals surface area contributed by atoms with E-state index in [2.05, 4.69) is 25.3 Å². The minimum absolute atomic E-state index is 0.0450. The van der Waals surface area contributed by atoms with E-state index in [4.69, 9.17) is 27.9 Å². The Kier molecular flexibility index (Phi) is 8.06. The fourth-order valence-corrected chi connectivity index (χ4v) is 7.93. The summed E-state index contributed by atoms with van der Waals surface area (Å²) in [7, 11) is -3.75. The molecule has 1 aromatic heterocycles. The van der Waals surface area contributed by atoms with Crippen molar-refractivity contribution in [3.63, 3.8) is 0 Å². The molecule has 6 rings (SSSR count). The normalized spacial score (nSPS) is 18.3. The zero-order valence-electron chi connectivity index (χ0n) is 22.2. The molecule has 3 aromatic rings. The summed E-state index contributed by atoms with van der Waals surface area (Å²) >= 11 is 12.6. The summed E-state index contributed by atoms with van der Waals surface area (Å²) < 4.78 is 35.9. The van der Waals surface area contributed by atoms with Crippen molar-refractivity contribution in [1.82, 2.24) is 20.0 Å². The lowest BCUT2D eigenvalue weighted by molar-refractivity contribution is 0.0932. The van der Waals surface area contributed by atoms with Crippen molar-refractivity contribution < 1.29 is 17.9 Å². The van der Waals surface area contributed by atoms with E-state index in [9.17, 15) is 13.2 Å².